The minimum Gasteiger partial charge on any atom is -0.378 e. The van der Waals surface area contributed by atoms with E-state index in [-0.39, 0.29) is 11.7 Å². The van der Waals surface area contributed by atoms with E-state index < -0.39 is 0 Å². The Morgan fingerprint density at radius 3 is 2.12 bits per heavy atom. The SMILES string of the molecule is CCN(Cc1ccc(N(C)C)cc1)C(=O)c1[nH]c(C)c(C(C)=O)c1C. The summed E-state index contributed by atoms with van der Waals surface area (Å²) in [6, 6.07) is 8.18. The average Bonchev–Trinajstić information content (AvgIpc) is 2.87. The number of carbonyl (C=O) groups excluding carboxylic acids is 2. The fourth-order valence-corrected chi connectivity index (χ4v) is 3.10. The third kappa shape index (κ3) is 3.92. The van der Waals surface area contributed by atoms with Crippen LogP contribution in [0.2, 0.25) is 0 Å². The van der Waals surface area contributed by atoms with Crippen LogP contribution in [0.15, 0.2) is 24.3 Å². The summed E-state index contributed by atoms with van der Waals surface area (Å²) in [7, 11) is 4.00. The smallest absolute Gasteiger partial charge is 0.270 e. The van der Waals surface area contributed by atoms with Crippen LogP contribution in [0.3, 0.4) is 0 Å². The van der Waals surface area contributed by atoms with Crippen molar-refractivity contribution in [2.45, 2.75) is 34.2 Å². The molecule has 0 unspecified atom stereocenters. The van der Waals surface area contributed by atoms with E-state index in [2.05, 4.69) is 4.98 Å². The Morgan fingerprint density at radius 1 is 1.08 bits per heavy atom. The fourth-order valence-electron chi connectivity index (χ4n) is 3.10. The summed E-state index contributed by atoms with van der Waals surface area (Å²) in [4.78, 5) is 31.7. The standard InChI is InChI=1S/C20H27N3O2/c1-7-23(12-16-8-10-17(11-9-16)22(5)6)20(25)19-13(2)18(15(4)24)14(3)21-19/h8-11,21H,7,12H2,1-6H3. The number of aryl methyl sites for hydroxylation is 1. The Kier molecular flexibility index (Phi) is 5.67. The molecule has 25 heavy (non-hydrogen) atoms. The van der Waals surface area contributed by atoms with E-state index in [0.29, 0.717) is 24.3 Å². The number of Topliss-reactive ketones (excluding diaryl/α,β-unsaturated/α-hetero) is 1. The number of nitrogens with zero attached hydrogens (tertiary/aromatic N) is 2. The molecule has 0 aliphatic rings. The third-order valence-electron chi connectivity index (χ3n) is 4.50. The van der Waals surface area contributed by atoms with Gasteiger partial charge in [-0.05, 0) is 51.0 Å². The van der Waals surface area contributed by atoms with Crippen molar-refractivity contribution in [3.8, 4) is 0 Å². The van der Waals surface area contributed by atoms with Crippen molar-refractivity contribution in [2.24, 2.45) is 0 Å². The zero-order valence-corrected chi connectivity index (χ0v) is 15.9. The van der Waals surface area contributed by atoms with E-state index >= 15 is 0 Å². The zero-order chi connectivity index (χ0) is 18.7. The second-order valence-corrected chi connectivity index (χ2v) is 6.56. The molecule has 0 atom stereocenters. The molecule has 1 aromatic carbocycles. The highest BCUT2D eigenvalue weighted by Crippen LogP contribution is 2.21. The van der Waals surface area contributed by atoms with Crippen molar-refractivity contribution in [2.75, 3.05) is 25.5 Å². The first-order valence-electron chi connectivity index (χ1n) is 8.51. The topological polar surface area (TPSA) is 56.4 Å². The van der Waals surface area contributed by atoms with Gasteiger partial charge in [0.25, 0.3) is 5.91 Å². The molecule has 0 aliphatic carbocycles. The minimum absolute atomic E-state index is 0.0207. The first-order chi connectivity index (χ1) is 11.8. The average molecular weight is 341 g/mol. The predicted molar refractivity (Wildman–Crippen MR) is 101 cm³/mol. The maximum atomic E-state index is 12.9. The number of ketones is 1. The van der Waals surface area contributed by atoms with Crippen LogP contribution in [0.25, 0.3) is 0 Å². The summed E-state index contributed by atoms with van der Waals surface area (Å²) in [5, 5.41) is 0. The molecule has 1 N–H and O–H groups in total. The molecule has 0 saturated heterocycles. The van der Waals surface area contributed by atoms with E-state index in [1.165, 1.54) is 6.92 Å². The molecule has 2 rings (SSSR count). The molecular weight excluding hydrogens is 314 g/mol. The molecule has 1 heterocycles. The molecule has 1 aromatic heterocycles. The quantitative estimate of drug-likeness (QED) is 0.817. The molecule has 2 aromatic rings. The number of hydrogen-bond donors (Lipinski definition) is 1. The second kappa shape index (κ2) is 7.55. The van der Waals surface area contributed by atoms with Crippen molar-refractivity contribution >= 4 is 17.4 Å². The summed E-state index contributed by atoms with van der Waals surface area (Å²) >= 11 is 0. The van der Waals surface area contributed by atoms with Crippen LogP contribution in [0.5, 0.6) is 0 Å². The lowest BCUT2D eigenvalue weighted by atomic mass is 10.1. The maximum absolute atomic E-state index is 12.9. The number of aromatic amines is 1. The molecule has 5 heteroatoms. The van der Waals surface area contributed by atoms with E-state index in [0.717, 1.165) is 22.5 Å². The van der Waals surface area contributed by atoms with Gasteiger partial charge in [-0.25, -0.2) is 0 Å². The van der Waals surface area contributed by atoms with Gasteiger partial charge in [0.05, 0.1) is 0 Å². The molecule has 0 saturated carbocycles. The second-order valence-electron chi connectivity index (χ2n) is 6.56. The Morgan fingerprint density at radius 2 is 1.68 bits per heavy atom. The lowest BCUT2D eigenvalue weighted by Crippen LogP contribution is -2.31. The highest BCUT2D eigenvalue weighted by Gasteiger charge is 2.23. The number of hydrogen-bond acceptors (Lipinski definition) is 3. The molecule has 0 fully saturated rings. The maximum Gasteiger partial charge on any atom is 0.270 e. The Balaban J connectivity index is 2.24. The highest BCUT2D eigenvalue weighted by atomic mass is 16.2. The van der Waals surface area contributed by atoms with Crippen molar-refractivity contribution in [1.82, 2.24) is 9.88 Å². The zero-order valence-electron chi connectivity index (χ0n) is 15.9. The fraction of sp³-hybridized carbons (Fsp3) is 0.400. The highest BCUT2D eigenvalue weighted by molar-refractivity contribution is 6.02. The van der Waals surface area contributed by atoms with E-state index in [4.69, 9.17) is 0 Å². The van der Waals surface area contributed by atoms with E-state index in [1.54, 1.807) is 4.90 Å². The lowest BCUT2D eigenvalue weighted by Gasteiger charge is -2.21. The largest absolute Gasteiger partial charge is 0.378 e. The van der Waals surface area contributed by atoms with Gasteiger partial charge in [-0.2, -0.15) is 0 Å². The van der Waals surface area contributed by atoms with Gasteiger partial charge >= 0.3 is 0 Å². The number of H-pyrrole nitrogens is 1. The summed E-state index contributed by atoms with van der Waals surface area (Å²) in [6.07, 6.45) is 0. The van der Waals surface area contributed by atoms with Gasteiger partial charge in [0.2, 0.25) is 0 Å². The molecule has 0 aliphatic heterocycles. The van der Waals surface area contributed by atoms with Crippen molar-refractivity contribution in [3.63, 3.8) is 0 Å². The molecule has 0 radical (unpaired) electrons. The summed E-state index contributed by atoms with van der Waals surface area (Å²) in [5.74, 6) is -0.0973. The van der Waals surface area contributed by atoms with Crippen molar-refractivity contribution in [3.05, 3.63) is 52.3 Å². The lowest BCUT2D eigenvalue weighted by molar-refractivity contribution is 0.0746. The summed E-state index contributed by atoms with van der Waals surface area (Å²) in [6.45, 7) is 8.28. The first-order valence-corrected chi connectivity index (χ1v) is 8.51. The predicted octanol–water partition coefficient (Wildman–Crippen LogP) is 3.56. The van der Waals surface area contributed by atoms with Crippen LogP contribution in [0.1, 0.15) is 51.5 Å². The number of rotatable bonds is 6. The van der Waals surface area contributed by atoms with Gasteiger partial charge in [-0.3, -0.25) is 9.59 Å². The van der Waals surface area contributed by atoms with Gasteiger partial charge in [-0.1, -0.05) is 12.1 Å². The van der Waals surface area contributed by atoms with Crippen LogP contribution in [-0.2, 0) is 6.54 Å². The van der Waals surface area contributed by atoms with Crippen molar-refractivity contribution in [1.29, 1.82) is 0 Å². The Hall–Kier alpha value is -2.56. The normalized spacial score (nSPS) is 10.6. The van der Waals surface area contributed by atoms with Crippen LogP contribution in [0.4, 0.5) is 5.69 Å². The number of anilines is 1. The Labute approximate surface area is 149 Å². The number of amides is 1. The van der Waals surface area contributed by atoms with Crippen molar-refractivity contribution < 1.29 is 9.59 Å². The Bertz CT molecular complexity index is 773. The van der Waals surface area contributed by atoms with Gasteiger partial charge in [-0.15, -0.1) is 0 Å². The van der Waals surface area contributed by atoms with Gasteiger partial charge < -0.3 is 14.8 Å². The molecule has 0 spiro atoms. The molecule has 1 amide bonds. The summed E-state index contributed by atoms with van der Waals surface area (Å²) in [5.41, 5.74) is 4.81. The molecular formula is C20H27N3O2. The van der Waals surface area contributed by atoms with E-state index in [9.17, 15) is 9.59 Å². The van der Waals surface area contributed by atoms with Gasteiger partial charge in [0, 0.05) is 44.1 Å². The van der Waals surface area contributed by atoms with Crippen LogP contribution in [-0.4, -0.2) is 42.2 Å². The van der Waals surface area contributed by atoms with Gasteiger partial charge in [0.15, 0.2) is 5.78 Å². The molecule has 5 nitrogen and oxygen atoms in total. The number of aromatic nitrogens is 1. The van der Waals surface area contributed by atoms with Crippen LogP contribution >= 0.6 is 0 Å². The van der Waals surface area contributed by atoms with Crippen LogP contribution < -0.4 is 4.90 Å². The van der Waals surface area contributed by atoms with E-state index in [1.807, 2.05) is 64.0 Å². The van der Waals surface area contributed by atoms with Crippen LogP contribution in [0, 0.1) is 13.8 Å². The summed E-state index contributed by atoms with van der Waals surface area (Å²) < 4.78 is 0. The third-order valence-corrected chi connectivity index (χ3v) is 4.50. The first kappa shape index (κ1) is 18.8. The van der Waals surface area contributed by atoms with Gasteiger partial charge in [0.1, 0.15) is 5.69 Å². The monoisotopic (exact) mass is 341 g/mol. The molecule has 0 bridgehead atoms. The minimum atomic E-state index is -0.0766. The number of nitrogens with one attached hydrogen (secondary N) is 1. The number of benzene rings is 1. The molecule has 134 valence electrons. The number of carbonyl (C=O) groups is 2.